The van der Waals surface area contributed by atoms with Crippen LogP contribution in [0, 0.1) is 5.92 Å². The van der Waals surface area contributed by atoms with Crippen molar-refractivity contribution in [3.8, 4) is 0 Å². The number of carbonyl (C=O) groups is 1. The molecule has 0 bridgehead atoms. The monoisotopic (exact) mass is 228 g/mol. The van der Waals surface area contributed by atoms with E-state index in [0.717, 1.165) is 25.9 Å². The molecule has 0 saturated heterocycles. The van der Waals surface area contributed by atoms with Gasteiger partial charge in [-0.2, -0.15) is 0 Å². The Morgan fingerprint density at radius 1 is 1.25 bits per heavy atom. The van der Waals surface area contributed by atoms with E-state index >= 15 is 0 Å². The molecule has 4 nitrogen and oxygen atoms in total. The van der Waals surface area contributed by atoms with Gasteiger partial charge in [0.1, 0.15) is 0 Å². The summed E-state index contributed by atoms with van der Waals surface area (Å²) in [6, 6.07) is 0.698. The van der Waals surface area contributed by atoms with Crippen LogP contribution in [0.5, 0.6) is 0 Å². The van der Waals surface area contributed by atoms with Crippen molar-refractivity contribution in [3.63, 3.8) is 0 Å². The van der Waals surface area contributed by atoms with Crippen molar-refractivity contribution in [2.75, 3.05) is 13.1 Å². The molecule has 1 fully saturated rings. The molecule has 0 heterocycles. The second kappa shape index (κ2) is 6.86. The van der Waals surface area contributed by atoms with Gasteiger partial charge in [0.2, 0.25) is 5.91 Å². The molecule has 1 aliphatic rings. The molecule has 0 atom stereocenters. The highest BCUT2D eigenvalue weighted by atomic mass is 16.5. The fourth-order valence-corrected chi connectivity index (χ4v) is 2.76. The number of hydroxylamine groups is 1. The molecule has 16 heavy (non-hydrogen) atoms. The Kier molecular flexibility index (Phi) is 5.77. The smallest absolute Gasteiger partial charge is 0.243 e. The summed E-state index contributed by atoms with van der Waals surface area (Å²) in [6.07, 6.45) is 5.06. The van der Waals surface area contributed by atoms with Crippen LogP contribution in [0.15, 0.2) is 0 Å². The molecular formula is C12H24N2O2. The van der Waals surface area contributed by atoms with Gasteiger partial charge in [-0.25, -0.2) is 5.48 Å². The summed E-state index contributed by atoms with van der Waals surface area (Å²) in [5, 5.41) is 8.47. The fraction of sp³-hybridized carbons (Fsp3) is 0.917. The van der Waals surface area contributed by atoms with Crippen molar-refractivity contribution in [1.82, 2.24) is 10.4 Å². The SMILES string of the molecule is CCN(CC)C1CCC(CC(=O)NO)CC1. The van der Waals surface area contributed by atoms with E-state index in [1.807, 2.05) is 0 Å². The molecule has 0 unspecified atom stereocenters. The summed E-state index contributed by atoms with van der Waals surface area (Å²) in [6.45, 7) is 6.63. The molecule has 0 radical (unpaired) electrons. The summed E-state index contributed by atoms with van der Waals surface area (Å²) in [7, 11) is 0. The van der Waals surface area contributed by atoms with Gasteiger partial charge in [-0.1, -0.05) is 13.8 Å². The highest BCUT2D eigenvalue weighted by Crippen LogP contribution is 2.29. The predicted octanol–water partition coefficient (Wildman–Crippen LogP) is 1.78. The lowest BCUT2D eigenvalue weighted by molar-refractivity contribution is -0.130. The first-order chi connectivity index (χ1) is 7.71. The lowest BCUT2D eigenvalue weighted by Crippen LogP contribution is -2.38. The van der Waals surface area contributed by atoms with E-state index in [0.29, 0.717) is 18.4 Å². The third kappa shape index (κ3) is 3.76. The van der Waals surface area contributed by atoms with Crippen LogP contribution in [0.1, 0.15) is 46.0 Å². The van der Waals surface area contributed by atoms with Crippen molar-refractivity contribution in [3.05, 3.63) is 0 Å². The second-order valence-corrected chi connectivity index (χ2v) is 4.63. The maximum atomic E-state index is 11.0. The van der Waals surface area contributed by atoms with Gasteiger partial charge in [0.15, 0.2) is 0 Å². The average Bonchev–Trinajstić information content (AvgIpc) is 2.32. The van der Waals surface area contributed by atoms with Crippen molar-refractivity contribution in [1.29, 1.82) is 0 Å². The Balaban J connectivity index is 2.30. The van der Waals surface area contributed by atoms with Crippen LogP contribution >= 0.6 is 0 Å². The van der Waals surface area contributed by atoms with Crippen molar-refractivity contribution >= 4 is 5.91 Å². The van der Waals surface area contributed by atoms with E-state index in [9.17, 15) is 4.79 Å². The van der Waals surface area contributed by atoms with Gasteiger partial charge in [0, 0.05) is 12.5 Å². The molecule has 0 aliphatic heterocycles. The molecule has 1 rings (SSSR count). The van der Waals surface area contributed by atoms with Crippen LogP contribution in [0.2, 0.25) is 0 Å². The molecule has 94 valence electrons. The van der Waals surface area contributed by atoms with Gasteiger partial charge in [-0.15, -0.1) is 0 Å². The lowest BCUT2D eigenvalue weighted by Gasteiger charge is -2.35. The molecule has 0 aromatic carbocycles. The van der Waals surface area contributed by atoms with Crippen LogP contribution in [0.4, 0.5) is 0 Å². The normalized spacial score (nSPS) is 25.8. The number of rotatable bonds is 5. The van der Waals surface area contributed by atoms with Crippen molar-refractivity contribution in [2.45, 2.75) is 52.0 Å². The molecule has 1 saturated carbocycles. The van der Waals surface area contributed by atoms with Crippen molar-refractivity contribution in [2.24, 2.45) is 5.92 Å². The van der Waals surface area contributed by atoms with E-state index in [-0.39, 0.29) is 5.91 Å². The molecule has 0 spiro atoms. The third-order valence-corrected chi connectivity index (χ3v) is 3.74. The second-order valence-electron chi connectivity index (χ2n) is 4.63. The number of hydrogen-bond donors (Lipinski definition) is 2. The minimum Gasteiger partial charge on any atom is -0.301 e. The van der Waals surface area contributed by atoms with Crippen LogP contribution in [0.25, 0.3) is 0 Å². The topological polar surface area (TPSA) is 52.6 Å². The minimum atomic E-state index is -0.244. The van der Waals surface area contributed by atoms with E-state index in [1.165, 1.54) is 12.8 Å². The maximum absolute atomic E-state index is 11.0. The van der Waals surface area contributed by atoms with Gasteiger partial charge >= 0.3 is 0 Å². The van der Waals surface area contributed by atoms with Crippen LogP contribution in [-0.4, -0.2) is 35.1 Å². The maximum Gasteiger partial charge on any atom is 0.243 e. The quantitative estimate of drug-likeness (QED) is 0.557. The number of amides is 1. The third-order valence-electron chi connectivity index (χ3n) is 3.74. The molecule has 1 amide bonds. The zero-order valence-electron chi connectivity index (χ0n) is 10.4. The average molecular weight is 228 g/mol. The highest BCUT2D eigenvalue weighted by molar-refractivity contribution is 5.74. The van der Waals surface area contributed by atoms with E-state index < -0.39 is 0 Å². The number of carbonyl (C=O) groups excluding carboxylic acids is 1. The fourth-order valence-electron chi connectivity index (χ4n) is 2.76. The van der Waals surface area contributed by atoms with Crippen LogP contribution in [-0.2, 0) is 4.79 Å². The van der Waals surface area contributed by atoms with E-state index in [2.05, 4.69) is 18.7 Å². The minimum absolute atomic E-state index is 0.244. The van der Waals surface area contributed by atoms with Gasteiger partial charge in [-0.3, -0.25) is 10.0 Å². The van der Waals surface area contributed by atoms with Crippen LogP contribution in [0.3, 0.4) is 0 Å². The Bertz CT molecular complexity index is 209. The van der Waals surface area contributed by atoms with Gasteiger partial charge < -0.3 is 4.90 Å². The summed E-state index contributed by atoms with van der Waals surface area (Å²) >= 11 is 0. The Morgan fingerprint density at radius 2 is 1.81 bits per heavy atom. The summed E-state index contributed by atoms with van der Waals surface area (Å²) in [5.41, 5.74) is 1.72. The Labute approximate surface area is 98.0 Å². The van der Waals surface area contributed by atoms with E-state index in [1.54, 1.807) is 5.48 Å². The highest BCUT2D eigenvalue weighted by Gasteiger charge is 2.25. The first kappa shape index (κ1) is 13.5. The Morgan fingerprint density at radius 3 is 2.25 bits per heavy atom. The number of nitrogens with zero attached hydrogens (tertiary/aromatic N) is 1. The Hall–Kier alpha value is -0.610. The van der Waals surface area contributed by atoms with Gasteiger partial charge in [0.25, 0.3) is 0 Å². The lowest BCUT2D eigenvalue weighted by atomic mass is 9.83. The standard InChI is InChI=1S/C12H24N2O2/c1-3-14(4-2)11-7-5-10(6-8-11)9-12(15)13-16/h10-11,16H,3-9H2,1-2H3,(H,13,15). The first-order valence-electron chi connectivity index (χ1n) is 6.38. The van der Waals surface area contributed by atoms with Gasteiger partial charge in [-0.05, 0) is 44.7 Å². The molecule has 4 heteroatoms. The van der Waals surface area contributed by atoms with Crippen LogP contribution < -0.4 is 5.48 Å². The van der Waals surface area contributed by atoms with E-state index in [4.69, 9.17) is 5.21 Å². The van der Waals surface area contributed by atoms with Crippen molar-refractivity contribution < 1.29 is 10.0 Å². The molecule has 2 N–H and O–H groups in total. The zero-order chi connectivity index (χ0) is 12.0. The summed E-state index contributed by atoms with van der Waals surface area (Å²) in [5.74, 6) is 0.213. The number of nitrogens with one attached hydrogen (secondary N) is 1. The largest absolute Gasteiger partial charge is 0.301 e. The number of hydrogen-bond acceptors (Lipinski definition) is 3. The van der Waals surface area contributed by atoms with Gasteiger partial charge in [0.05, 0.1) is 0 Å². The summed E-state index contributed by atoms with van der Waals surface area (Å²) in [4.78, 5) is 13.5. The first-order valence-corrected chi connectivity index (χ1v) is 6.38. The molecular weight excluding hydrogens is 204 g/mol. The molecule has 0 aromatic rings. The molecule has 1 aliphatic carbocycles. The summed E-state index contributed by atoms with van der Waals surface area (Å²) < 4.78 is 0. The molecule has 0 aromatic heterocycles. The predicted molar refractivity (Wildman–Crippen MR) is 63.2 cm³/mol. The zero-order valence-corrected chi connectivity index (χ0v) is 10.4.